The van der Waals surface area contributed by atoms with Crippen LogP contribution in [0.4, 0.5) is 4.39 Å². The van der Waals surface area contributed by atoms with Crippen LogP contribution in [0.2, 0.25) is 0 Å². The van der Waals surface area contributed by atoms with E-state index in [1.54, 1.807) is 6.20 Å². The number of nitrogens with zero attached hydrogens (tertiary/aromatic N) is 1. The summed E-state index contributed by atoms with van der Waals surface area (Å²) in [6.07, 6.45) is 1.74. The SMILES string of the molecule is Cc1ccc(C(C)(C)CF)cn1. The van der Waals surface area contributed by atoms with Crippen LogP contribution < -0.4 is 0 Å². The van der Waals surface area contributed by atoms with Crippen LogP contribution in [-0.4, -0.2) is 11.7 Å². The smallest absolute Gasteiger partial charge is 0.0986 e. The van der Waals surface area contributed by atoms with Crippen LogP contribution >= 0.6 is 0 Å². The number of alkyl halides is 1. The van der Waals surface area contributed by atoms with E-state index in [9.17, 15) is 4.39 Å². The first-order valence-electron chi connectivity index (χ1n) is 4.05. The normalized spacial score (nSPS) is 11.7. The van der Waals surface area contributed by atoms with Crippen molar-refractivity contribution in [2.24, 2.45) is 0 Å². The Morgan fingerprint density at radius 3 is 2.50 bits per heavy atom. The monoisotopic (exact) mass is 167 g/mol. The predicted octanol–water partition coefficient (Wildman–Crippen LogP) is 2.64. The Balaban J connectivity index is 2.96. The van der Waals surface area contributed by atoms with Crippen molar-refractivity contribution in [3.63, 3.8) is 0 Å². The molecule has 0 spiro atoms. The Morgan fingerprint density at radius 1 is 1.42 bits per heavy atom. The van der Waals surface area contributed by atoms with Crippen LogP contribution in [0.3, 0.4) is 0 Å². The Labute approximate surface area is 72.6 Å². The van der Waals surface area contributed by atoms with Crippen LogP contribution in [0, 0.1) is 6.92 Å². The topological polar surface area (TPSA) is 12.9 Å². The van der Waals surface area contributed by atoms with Crippen molar-refractivity contribution in [1.82, 2.24) is 4.98 Å². The molecule has 0 bridgehead atoms. The largest absolute Gasteiger partial charge is 0.261 e. The lowest BCUT2D eigenvalue weighted by molar-refractivity contribution is 0.350. The molecule has 0 saturated carbocycles. The second kappa shape index (κ2) is 3.21. The quantitative estimate of drug-likeness (QED) is 0.659. The number of halogens is 1. The van der Waals surface area contributed by atoms with Gasteiger partial charge in [0.15, 0.2) is 0 Å². The van der Waals surface area contributed by atoms with Gasteiger partial charge in [0.05, 0.1) is 6.67 Å². The average molecular weight is 167 g/mol. The first-order chi connectivity index (χ1) is 5.56. The third-order valence-electron chi connectivity index (χ3n) is 2.03. The maximum atomic E-state index is 12.5. The fraction of sp³-hybridized carbons (Fsp3) is 0.500. The average Bonchev–Trinajstić information content (AvgIpc) is 2.05. The van der Waals surface area contributed by atoms with Crippen LogP contribution in [0.5, 0.6) is 0 Å². The molecule has 0 radical (unpaired) electrons. The summed E-state index contributed by atoms with van der Waals surface area (Å²) in [5, 5.41) is 0. The maximum Gasteiger partial charge on any atom is 0.0986 e. The van der Waals surface area contributed by atoms with Crippen LogP contribution in [0.15, 0.2) is 18.3 Å². The first-order valence-corrected chi connectivity index (χ1v) is 4.05. The van der Waals surface area contributed by atoms with Gasteiger partial charge in [-0.05, 0) is 18.6 Å². The molecule has 0 amide bonds. The van der Waals surface area contributed by atoms with E-state index in [1.165, 1.54) is 0 Å². The second-order valence-electron chi connectivity index (χ2n) is 3.71. The van der Waals surface area contributed by atoms with Gasteiger partial charge in [-0.15, -0.1) is 0 Å². The fourth-order valence-corrected chi connectivity index (χ4v) is 0.945. The molecule has 66 valence electrons. The molecule has 1 aromatic rings. The lowest BCUT2D eigenvalue weighted by Crippen LogP contribution is -2.19. The molecule has 0 unspecified atom stereocenters. The summed E-state index contributed by atoms with van der Waals surface area (Å²) in [6, 6.07) is 3.84. The van der Waals surface area contributed by atoms with Crippen LogP contribution in [-0.2, 0) is 5.41 Å². The Morgan fingerprint density at radius 2 is 2.08 bits per heavy atom. The summed E-state index contributed by atoms with van der Waals surface area (Å²) in [6.45, 7) is 5.32. The highest BCUT2D eigenvalue weighted by molar-refractivity contribution is 5.21. The van der Waals surface area contributed by atoms with E-state index in [-0.39, 0.29) is 6.67 Å². The molecule has 0 atom stereocenters. The van der Waals surface area contributed by atoms with Gasteiger partial charge in [-0.3, -0.25) is 9.37 Å². The van der Waals surface area contributed by atoms with Crippen LogP contribution in [0.1, 0.15) is 25.1 Å². The third kappa shape index (κ3) is 1.81. The van der Waals surface area contributed by atoms with Crippen molar-refractivity contribution in [2.45, 2.75) is 26.2 Å². The van der Waals surface area contributed by atoms with Gasteiger partial charge < -0.3 is 0 Å². The van der Waals surface area contributed by atoms with Gasteiger partial charge in [-0.25, -0.2) is 0 Å². The molecule has 1 nitrogen and oxygen atoms in total. The number of pyridine rings is 1. The highest BCUT2D eigenvalue weighted by atomic mass is 19.1. The predicted molar refractivity (Wildman–Crippen MR) is 48.0 cm³/mol. The molecule has 0 aromatic carbocycles. The summed E-state index contributed by atoms with van der Waals surface area (Å²) in [5.74, 6) is 0. The molecular formula is C10H14FN. The van der Waals surface area contributed by atoms with Gasteiger partial charge in [-0.2, -0.15) is 0 Å². The summed E-state index contributed by atoms with van der Waals surface area (Å²) in [4.78, 5) is 4.13. The molecule has 0 N–H and O–H groups in total. The maximum absolute atomic E-state index is 12.5. The van der Waals surface area contributed by atoms with Crippen molar-refractivity contribution in [3.8, 4) is 0 Å². The van der Waals surface area contributed by atoms with E-state index < -0.39 is 5.41 Å². The molecule has 0 aliphatic heterocycles. The zero-order valence-corrected chi connectivity index (χ0v) is 7.76. The number of aryl methyl sites for hydroxylation is 1. The summed E-state index contributed by atoms with van der Waals surface area (Å²) < 4.78 is 12.5. The molecule has 1 aromatic heterocycles. The van der Waals surface area contributed by atoms with Crippen molar-refractivity contribution >= 4 is 0 Å². The summed E-state index contributed by atoms with van der Waals surface area (Å²) >= 11 is 0. The minimum atomic E-state index is -0.402. The Hall–Kier alpha value is -0.920. The lowest BCUT2D eigenvalue weighted by atomic mass is 9.87. The van der Waals surface area contributed by atoms with Gasteiger partial charge >= 0.3 is 0 Å². The molecule has 0 saturated heterocycles. The van der Waals surface area contributed by atoms with Crippen molar-refractivity contribution in [2.75, 3.05) is 6.67 Å². The lowest BCUT2D eigenvalue weighted by Gasteiger charge is -2.20. The Kier molecular flexibility index (Phi) is 2.46. The second-order valence-corrected chi connectivity index (χ2v) is 3.71. The van der Waals surface area contributed by atoms with E-state index in [0.29, 0.717) is 0 Å². The zero-order chi connectivity index (χ0) is 9.19. The molecule has 0 aliphatic rings. The number of rotatable bonds is 2. The van der Waals surface area contributed by atoms with E-state index in [4.69, 9.17) is 0 Å². The van der Waals surface area contributed by atoms with E-state index >= 15 is 0 Å². The zero-order valence-electron chi connectivity index (χ0n) is 7.76. The first kappa shape index (κ1) is 9.17. The van der Waals surface area contributed by atoms with Gasteiger partial charge in [-0.1, -0.05) is 19.9 Å². The summed E-state index contributed by atoms with van der Waals surface area (Å²) in [5.41, 5.74) is 1.52. The Bertz CT molecular complexity index is 251. The standard InChI is InChI=1S/C10H14FN/c1-8-4-5-9(6-12-8)10(2,3)7-11/h4-6H,7H2,1-3H3. The van der Waals surface area contributed by atoms with Crippen molar-refractivity contribution in [1.29, 1.82) is 0 Å². The van der Waals surface area contributed by atoms with Gasteiger partial charge in [0, 0.05) is 17.3 Å². The third-order valence-corrected chi connectivity index (χ3v) is 2.03. The summed E-state index contributed by atoms with van der Waals surface area (Å²) in [7, 11) is 0. The molecule has 1 rings (SSSR count). The minimum absolute atomic E-state index is 0.349. The fourth-order valence-electron chi connectivity index (χ4n) is 0.945. The van der Waals surface area contributed by atoms with E-state index in [0.717, 1.165) is 11.3 Å². The molecule has 0 fully saturated rings. The molecule has 2 heteroatoms. The molecule has 12 heavy (non-hydrogen) atoms. The molecule has 0 aliphatic carbocycles. The van der Waals surface area contributed by atoms with E-state index in [1.807, 2.05) is 32.9 Å². The van der Waals surface area contributed by atoms with Gasteiger partial charge in [0.25, 0.3) is 0 Å². The highest BCUT2D eigenvalue weighted by Gasteiger charge is 2.20. The minimum Gasteiger partial charge on any atom is -0.261 e. The van der Waals surface area contributed by atoms with E-state index in [2.05, 4.69) is 4.98 Å². The number of aromatic nitrogens is 1. The number of hydrogen-bond donors (Lipinski definition) is 0. The van der Waals surface area contributed by atoms with Gasteiger partial charge in [0.2, 0.25) is 0 Å². The number of hydrogen-bond acceptors (Lipinski definition) is 1. The van der Waals surface area contributed by atoms with Gasteiger partial charge in [0.1, 0.15) is 0 Å². The highest BCUT2D eigenvalue weighted by Crippen LogP contribution is 2.22. The molecular weight excluding hydrogens is 153 g/mol. The van der Waals surface area contributed by atoms with Crippen molar-refractivity contribution in [3.05, 3.63) is 29.6 Å². The molecule has 1 heterocycles. The van der Waals surface area contributed by atoms with Crippen molar-refractivity contribution < 1.29 is 4.39 Å². The van der Waals surface area contributed by atoms with Crippen LogP contribution in [0.25, 0.3) is 0 Å².